The molecule has 1 aliphatic rings. The van der Waals surface area contributed by atoms with Crippen molar-refractivity contribution in [3.8, 4) is 0 Å². The lowest BCUT2D eigenvalue weighted by Gasteiger charge is -2.27. The number of imidazole rings is 1. The van der Waals surface area contributed by atoms with Gasteiger partial charge in [0.25, 0.3) is 0 Å². The van der Waals surface area contributed by atoms with Gasteiger partial charge in [0.2, 0.25) is 47.3 Å². The topological polar surface area (TPSA) is 438 Å². The van der Waals surface area contributed by atoms with Crippen LogP contribution in [0.5, 0.6) is 0 Å². The van der Waals surface area contributed by atoms with Crippen LogP contribution in [0.25, 0.3) is 0 Å². The molecule has 1 saturated heterocycles. The first-order valence-electron chi connectivity index (χ1n) is 30.7. The second kappa shape index (κ2) is 46.0. The summed E-state index contributed by atoms with van der Waals surface area (Å²) < 4.78 is 10.9. The highest BCUT2D eigenvalue weighted by Crippen LogP contribution is 2.19. The fourth-order valence-electron chi connectivity index (χ4n) is 9.86. The molecule has 1 aromatic rings. The van der Waals surface area contributed by atoms with Gasteiger partial charge in [-0.2, -0.15) is 0 Å². The number of primary amides is 1. The number of hydrogen-bond donors (Lipinski definition) is 12. The number of nitrogens with one attached hydrogen (secondary N) is 7. The summed E-state index contributed by atoms with van der Waals surface area (Å²) in [6.45, 7) is 1.27. The number of aromatic nitrogens is 2. The Morgan fingerprint density at radius 1 is 0.586 bits per heavy atom. The Morgan fingerprint density at radius 3 is 1.66 bits per heavy atom. The number of ether oxygens (including phenoxy) is 2. The average Bonchev–Trinajstić information content (AvgIpc) is 2.93. The first-order chi connectivity index (χ1) is 41.7. The van der Waals surface area contributed by atoms with E-state index >= 15 is 0 Å². The SMILES string of the molecule is CC(=O)N1CCC[C@H]1C(=O)N[C@@H](Cc1c[nH]cn1)C(=O)N[C@@H](CCC(=O)O)C(=O)N[C@@H](CCCCN(CC(=O)O)CC(=O)O)C(=O)N[C@@H](CCCCNC(=O)COCCOCCNC(=O)CCCCCCCCCCCCCCCCC(=O)O)C(N)=O. The summed E-state index contributed by atoms with van der Waals surface area (Å²) in [5, 5.41) is 52.6. The molecule has 1 fully saturated rings. The molecule has 87 heavy (non-hydrogen) atoms. The number of hydrogen-bond acceptors (Lipinski definition) is 16. The number of likely N-dealkylation sites (tertiary alicyclic amines) is 1. The zero-order valence-electron chi connectivity index (χ0n) is 50.6. The van der Waals surface area contributed by atoms with E-state index in [-0.39, 0.29) is 96.3 Å². The van der Waals surface area contributed by atoms with Crippen LogP contribution in [0.2, 0.25) is 0 Å². The largest absolute Gasteiger partial charge is 0.481 e. The minimum absolute atomic E-state index is 0.00125. The molecule has 0 saturated carbocycles. The zero-order chi connectivity index (χ0) is 64.2. The number of carboxylic acid groups (broad SMARTS) is 4. The Bertz CT molecular complexity index is 2260. The van der Waals surface area contributed by atoms with Crippen molar-refractivity contribution >= 4 is 71.1 Å². The van der Waals surface area contributed by atoms with Crippen molar-refractivity contribution in [3.63, 3.8) is 0 Å². The van der Waals surface area contributed by atoms with Gasteiger partial charge in [-0.05, 0) is 77.2 Å². The van der Waals surface area contributed by atoms with Gasteiger partial charge in [-0.25, -0.2) is 4.98 Å². The van der Waals surface area contributed by atoms with Gasteiger partial charge >= 0.3 is 23.9 Å². The van der Waals surface area contributed by atoms with Crippen molar-refractivity contribution in [2.45, 2.75) is 210 Å². The van der Waals surface area contributed by atoms with E-state index in [0.29, 0.717) is 44.5 Å². The molecule has 0 aromatic carbocycles. The summed E-state index contributed by atoms with van der Waals surface area (Å²) >= 11 is 0. The standard InChI is InChI=1S/C58H97N11O18/c1-41(70)69-31-20-23-47(69)58(85)67-46(35-42-36-60-40-63-42)57(84)66-45(26-27-51(75)76)56(83)65-44(22-17-19-30-68(37-52(77)78)38-53(79)80)55(82)64-43(54(59)81)21-16-18-28-61-49(72)39-87-34-33-86-32-29-62-48(71)24-14-12-10-8-6-4-2-3-5-7-9-11-13-15-25-50(73)74/h36,40,43-47H,2-35,37-39H2,1H3,(H2,59,81)(H,60,63)(H,61,72)(H,62,71)(H,64,82)(H,65,83)(H,66,84)(H,67,85)(H,73,74)(H,75,76)(H,77,78)(H,79,80)/t43-,44-,45-,46-,47-/m0/s1. The smallest absolute Gasteiger partial charge is 0.317 e. The molecule has 29 heteroatoms. The van der Waals surface area contributed by atoms with Crippen molar-refractivity contribution in [2.75, 3.05) is 65.7 Å². The van der Waals surface area contributed by atoms with E-state index in [1.165, 1.54) is 69.3 Å². The van der Waals surface area contributed by atoms with Gasteiger partial charge in [0.1, 0.15) is 36.8 Å². The lowest BCUT2D eigenvalue weighted by Crippen LogP contribution is -2.59. The second-order valence-electron chi connectivity index (χ2n) is 21.9. The van der Waals surface area contributed by atoms with Crippen LogP contribution >= 0.6 is 0 Å². The molecule has 13 N–H and O–H groups in total. The monoisotopic (exact) mass is 1240 g/mol. The number of carboxylic acids is 4. The lowest BCUT2D eigenvalue weighted by molar-refractivity contribution is -0.142. The van der Waals surface area contributed by atoms with Crippen molar-refractivity contribution < 1.29 is 87.4 Å². The van der Waals surface area contributed by atoms with Gasteiger partial charge in [0.15, 0.2) is 0 Å². The molecule has 2 rings (SSSR count). The molecule has 1 aromatic heterocycles. The van der Waals surface area contributed by atoms with Crippen LogP contribution in [-0.2, 0) is 73.4 Å². The Labute approximate surface area is 508 Å². The van der Waals surface area contributed by atoms with E-state index < -0.39 is 115 Å². The van der Waals surface area contributed by atoms with Gasteiger partial charge in [0.05, 0.1) is 44.9 Å². The number of carbonyl (C=O) groups excluding carboxylic acids is 8. The maximum atomic E-state index is 14.1. The summed E-state index contributed by atoms with van der Waals surface area (Å²) in [7, 11) is 0. The van der Waals surface area contributed by atoms with Gasteiger partial charge in [-0.3, -0.25) is 62.4 Å². The fraction of sp³-hybridized carbons (Fsp3) is 0.741. The molecular weight excluding hydrogens is 1140 g/mol. The van der Waals surface area contributed by atoms with Crippen molar-refractivity contribution in [1.82, 2.24) is 51.7 Å². The Hall–Kier alpha value is -7.27. The molecule has 492 valence electrons. The van der Waals surface area contributed by atoms with Crippen molar-refractivity contribution in [1.29, 1.82) is 0 Å². The summed E-state index contributed by atoms with van der Waals surface area (Å²) in [6, 6.07) is -6.62. The maximum Gasteiger partial charge on any atom is 0.317 e. The third-order valence-electron chi connectivity index (χ3n) is 14.5. The number of unbranched alkanes of at least 4 members (excludes halogenated alkanes) is 15. The number of aromatic amines is 1. The summed E-state index contributed by atoms with van der Waals surface area (Å²) in [4.78, 5) is 160. The number of rotatable bonds is 53. The summed E-state index contributed by atoms with van der Waals surface area (Å²) in [5.41, 5.74) is 6.03. The Balaban J connectivity index is 1.85. The average molecular weight is 1240 g/mol. The maximum absolute atomic E-state index is 14.1. The highest BCUT2D eigenvalue weighted by Gasteiger charge is 2.36. The van der Waals surface area contributed by atoms with Crippen molar-refractivity contribution in [2.24, 2.45) is 5.73 Å². The third-order valence-corrected chi connectivity index (χ3v) is 14.5. The van der Waals surface area contributed by atoms with Crippen LogP contribution in [0.4, 0.5) is 0 Å². The summed E-state index contributed by atoms with van der Waals surface area (Å²) in [5.74, 6) is -9.81. The van der Waals surface area contributed by atoms with Crippen LogP contribution < -0.4 is 37.6 Å². The molecule has 5 atom stereocenters. The predicted octanol–water partition coefficient (Wildman–Crippen LogP) is 1.66. The Morgan fingerprint density at radius 2 is 1.10 bits per heavy atom. The second-order valence-corrected chi connectivity index (χ2v) is 21.9. The normalized spacial score (nSPS) is 14.3. The third kappa shape index (κ3) is 37.1. The number of H-pyrrole nitrogens is 1. The molecule has 29 nitrogen and oxygen atoms in total. The van der Waals surface area contributed by atoms with Gasteiger partial charge < -0.3 is 77.4 Å². The number of nitrogens with two attached hydrogens (primary N) is 1. The van der Waals surface area contributed by atoms with Crippen LogP contribution in [0, 0.1) is 0 Å². The summed E-state index contributed by atoms with van der Waals surface area (Å²) in [6.07, 6.45) is 19.3. The van der Waals surface area contributed by atoms with E-state index in [0.717, 1.165) is 49.8 Å². The molecular formula is C58H97N11O18. The first-order valence-corrected chi connectivity index (χ1v) is 30.7. The molecule has 2 heterocycles. The lowest BCUT2D eigenvalue weighted by atomic mass is 10.0. The number of carbonyl (C=O) groups is 12. The van der Waals surface area contributed by atoms with Crippen LogP contribution in [0.1, 0.15) is 180 Å². The van der Waals surface area contributed by atoms with Gasteiger partial charge in [-0.15, -0.1) is 0 Å². The minimum Gasteiger partial charge on any atom is -0.481 e. The predicted molar refractivity (Wildman–Crippen MR) is 315 cm³/mol. The highest BCUT2D eigenvalue weighted by atomic mass is 16.5. The molecule has 0 radical (unpaired) electrons. The number of aliphatic carboxylic acids is 4. The van der Waals surface area contributed by atoms with E-state index in [1.807, 2.05) is 0 Å². The van der Waals surface area contributed by atoms with Crippen LogP contribution in [-0.4, -0.2) is 207 Å². The van der Waals surface area contributed by atoms with E-state index in [4.69, 9.17) is 20.3 Å². The zero-order valence-corrected chi connectivity index (χ0v) is 50.6. The van der Waals surface area contributed by atoms with E-state index in [1.54, 1.807) is 0 Å². The van der Waals surface area contributed by atoms with Crippen LogP contribution in [0.3, 0.4) is 0 Å². The van der Waals surface area contributed by atoms with Gasteiger partial charge in [0, 0.05) is 58.4 Å². The quantitative estimate of drug-likeness (QED) is 0.0413. The number of nitrogens with zero attached hydrogens (tertiary/aromatic N) is 3. The molecule has 0 bridgehead atoms. The Kier molecular flexibility index (Phi) is 40.1. The van der Waals surface area contributed by atoms with E-state index in [2.05, 4.69) is 41.9 Å². The van der Waals surface area contributed by atoms with E-state index in [9.17, 15) is 72.9 Å². The molecule has 0 spiro atoms. The highest BCUT2D eigenvalue weighted by molar-refractivity contribution is 5.96. The molecule has 1 aliphatic heterocycles. The first kappa shape index (κ1) is 75.8. The van der Waals surface area contributed by atoms with Crippen LogP contribution in [0.15, 0.2) is 12.5 Å². The minimum atomic E-state index is -1.61. The van der Waals surface area contributed by atoms with Gasteiger partial charge in [-0.1, -0.05) is 77.0 Å². The molecule has 0 aliphatic carbocycles. The number of amides is 8. The fourth-order valence-corrected chi connectivity index (χ4v) is 9.86. The van der Waals surface area contributed by atoms with Crippen molar-refractivity contribution in [3.05, 3.63) is 18.2 Å². The molecule has 0 unspecified atom stereocenters. The molecule has 8 amide bonds.